The van der Waals surface area contributed by atoms with E-state index in [1.54, 1.807) is 12.3 Å². The number of pyridine rings is 1. The SMILES string of the molecule is C[C@H](N)c1ccc(Oc2ccc(CCO)cc2)nc1. The number of ether oxygens (including phenoxy) is 1. The number of nitrogens with two attached hydrogens (primary N) is 1. The van der Waals surface area contributed by atoms with E-state index >= 15 is 0 Å². The number of aromatic nitrogens is 1. The number of hydrogen-bond acceptors (Lipinski definition) is 4. The summed E-state index contributed by atoms with van der Waals surface area (Å²) in [4.78, 5) is 4.21. The third-order valence-electron chi connectivity index (χ3n) is 2.83. The number of benzene rings is 1. The highest BCUT2D eigenvalue weighted by molar-refractivity contribution is 5.31. The van der Waals surface area contributed by atoms with Gasteiger partial charge in [0.25, 0.3) is 0 Å². The molecule has 4 nitrogen and oxygen atoms in total. The molecular formula is C15H18N2O2. The van der Waals surface area contributed by atoms with Gasteiger partial charge in [-0.2, -0.15) is 0 Å². The second kappa shape index (κ2) is 6.31. The van der Waals surface area contributed by atoms with Crippen LogP contribution in [0.5, 0.6) is 11.6 Å². The van der Waals surface area contributed by atoms with Crippen molar-refractivity contribution >= 4 is 0 Å². The first-order valence-corrected chi connectivity index (χ1v) is 6.28. The second-order valence-corrected chi connectivity index (χ2v) is 4.44. The van der Waals surface area contributed by atoms with Crippen molar-refractivity contribution in [2.45, 2.75) is 19.4 Å². The molecule has 100 valence electrons. The molecule has 0 radical (unpaired) electrons. The molecule has 0 spiro atoms. The highest BCUT2D eigenvalue weighted by Crippen LogP contribution is 2.21. The highest BCUT2D eigenvalue weighted by Gasteiger charge is 2.02. The molecule has 3 N–H and O–H groups in total. The first-order chi connectivity index (χ1) is 9.19. The smallest absolute Gasteiger partial charge is 0.219 e. The third-order valence-corrected chi connectivity index (χ3v) is 2.83. The minimum absolute atomic E-state index is 0.0284. The van der Waals surface area contributed by atoms with Gasteiger partial charge >= 0.3 is 0 Å². The van der Waals surface area contributed by atoms with Gasteiger partial charge in [0.2, 0.25) is 5.88 Å². The van der Waals surface area contributed by atoms with Crippen LogP contribution >= 0.6 is 0 Å². The predicted molar refractivity (Wildman–Crippen MR) is 74.1 cm³/mol. The van der Waals surface area contributed by atoms with Gasteiger partial charge in [-0.25, -0.2) is 4.98 Å². The Kier molecular flexibility index (Phi) is 4.49. The molecule has 0 aliphatic rings. The second-order valence-electron chi connectivity index (χ2n) is 4.44. The van der Waals surface area contributed by atoms with E-state index in [-0.39, 0.29) is 12.6 Å². The summed E-state index contributed by atoms with van der Waals surface area (Å²) in [5.74, 6) is 1.27. The number of hydrogen-bond donors (Lipinski definition) is 2. The molecule has 2 rings (SSSR count). The van der Waals surface area contributed by atoms with E-state index in [0.717, 1.165) is 16.9 Å². The molecule has 0 unspecified atom stereocenters. The molecule has 0 amide bonds. The molecule has 4 heteroatoms. The maximum Gasteiger partial charge on any atom is 0.219 e. The lowest BCUT2D eigenvalue weighted by Gasteiger charge is -2.08. The fraction of sp³-hybridized carbons (Fsp3) is 0.267. The Morgan fingerprint density at radius 3 is 2.47 bits per heavy atom. The summed E-state index contributed by atoms with van der Waals surface area (Å²) >= 11 is 0. The van der Waals surface area contributed by atoms with Crippen LogP contribution in [0.1, 0.15) is 24.1 Å². The molecule has 19 heavy (non-hydrogen) atoms. The van der Waals surface area contributed by atoms with Gasteiger partial charge in [-0.05, 0) is 36.6 Å². The zero-order valence-corrected chi connectivity index (χ0v) is 10.9. The normalized spacial score (nSPS) is 12.2. The molecule has 1 atom stereocenters. The van der Waals surface area contributed by atoms with Gasteiger partial charge in [-0.15, -0.1) is 0 Å². The van der Waals surface area contributed by atoms with Crippen molar-refractivity contribution < 1.29 is 9.84 Å². The average Bonchev–Trinajstić information content (AvgIpc) is 2.42. The van der Waals surface area contributed by atoms with Crippen LogP contribution < -0.4 is 10.5 Å². The molecule has 1 aromatic carbocycles. The van der Waals surface area contributed by atoms with Crippen LogP contribution in [0.3, 0.4) is 0 Å². The van der Waals surface area contributed by atoms with Gasteiger partial charge in [-0.1, -0.05) is 18.2 Å². The average molecular weight is 258 g/mol. The van der Waals surface area contributed by atoms with Gasteiger partial charge in [0, 0.05) is 24.9 Å². The van der Waals surface area contributed by atoms with Crippen molar-refractivity contribution in [3.8, 4) is 11.6 Å². The number of aliphatic hydroxyl groups is 1. The molecule has 0 saturated heterocycles. The minimum atomic E-state index is -0.0284. The largest absolute Gasteiger partial charge is 0.439 e. The van der Waals surface area contributed by atoms with Crippen LogP contribution in [0.25, 0.3) is 0 Å². The topological polar surface area (TPSA) is 68.4 Å². The summed E-state index contributed by atoms with van der Waals surface area (Å²) in [6.45, 7) is 2.07. The Morgan fingerprint density at radius 2 is 1.95 bits per heavy atom. The number of rotatable bonds is 5. The molecule has 0 bridgehead atoms. The van der Waals surface area contributed by atoms with E-state index < -0.39 is 0 Å². The molecule has 1 heterocycles. The standard InChI is InChI=1S/C15H18N2O2/c1-11(16)13-4-7-15(17-10-13)19-14-5-2-12(3-6-14)8-9-18/h2-7,10-11,18H,8-9,16H2,1H3/t11-/m0/s1. The van der Waals surface area contributed by atoms with E-state index in [1.165, 1.54) is 0 Å². The lowest BCUT2D eigenvalue weighted by molar-refractivity contribution is 0.299. The van der Waals surface area contributed by atoms with Crippen molar-refractivity contribution in [3.05, 3.63) is 53.7 Å². The van der Waals surface area contributed by atoms with Gasteiger partial charge in [-0.3, -0.25) is 0 Å². The summed E-state index contributed by atoms with van der Waals surface area (Å²) in [6.07, 6.45) is 2.38. The zero-order chi connectivity index (χ0) is 13.7. The summed E-state index contributed by atoms with van der Waals surface area (Å²) < 4.78 is 5.63. The summed E-state index contributed by atoms with van der Waals surface area (Å²) in [5.41, 5.74) is 7.82. The maximum absolute atomic E-state index is 8.84. The molecule has 0 aliphatic heterocycles. The number of nitrogens with zero attached hydrogens (tertiary/aromatic N) is 1. The fourth-order valence-electron chi connectivity index (χ4n) is 1.70. The number of aliphatic hydroxyl groups excluding tert-OH is 1. The Hall–Kier alpha value is -1.91. The van der Waals surface area contributed by atoms with Crippen molar-refractivity contribution in [1.29, 1.82) is 0 Å². The minimum Gasteiger partial charge on any atom is -0.439 e. The first-order valence-electron chi connectivity index (χ1n) is 6.28. The van der Waals surface area contributed by atoms with Gasteiger partial charge in [0.05, 0.1) is 0 Å². The van der Waals surface area contributed by atoms with Crippen molar-refractivity contribution in [2.75, 3.05) is 6.61 Å². The molecule has 0 aliphatic carbocycles. The fourth-order valence-corrected chi connectivity index (χ4v) is 1.70. The highest BCUT2D eigenvalue weighted by atomic mass is 16.5. The van der Waals surface area contributed by atoms with Gasteiger partial charge in [0.15, 0.2) is 0 Å². The van der Waals surface area contributed by atoms with Crippen LogP contribution in [0.15, 0.2) is 42.6 Å². The Labute approximate surface area is 112 Å². The van der Waals surface area contributed by atoms with Gasteiger partial charge < -0.3 is 15.6 Å². The van der Waals surface area contributed by atoms with E-state index in [2.05, 4.69) is 4.98 Å². The van der Waals surface area contributed by atoms with E-state index in [1.807, 2.05) is 37.3 Å². The monoisotopic (exact) mass is 258 g/mol. The summed E-state index contributed by atoms with van der Waals surface area (Å²) in [7, 11) is 0. The van der Waals surface area contributed by atoms with Crippen molar-refractivity contribution in [1.82, 2.24) is 4.98 Å². The molecule has 0 saturated carbocycles. The van der Waals surface area contributed by atoms with Gasteiger partial charge in [0.1, 0.15) is 5.75 Å². The van der Waals surface area contributed by atoms with Crippen LogP contribution in [0.2, 0.25) is 0 Å². The molecule has 2 aromatic rings. The summed E-state index contributed by atoms with van der Waals surface area (Å²) in [5, 5.41) is 8.84. The predicted octanol–water partition coefficient (Wildman–Crippen LogP) is 2.43. The molecule has 0 fully saturated rings. The summed E-state index contributed by atoms with van der Waals surface area (Å²) in [6, 6.07) is 11.3. The van der Waals surface area contributed by atoms with Crippen LogP contribution in [-0.2, 0) is 6.42 Å². The molecule has 1 aromatic heterocycles. The van der Waals surface area contributed by atoms with Crippen molar-refractivity contribution in [3.63, 3.8) is 0 Å². The van der Waals surface area contributed by atoms with E-state index in [9.17, 15) is 0 Å². The maximum atomic E-state index is 8.84. The Balaban J connectivity index is 2.04. The Bertz CT molecular complexity index is 507. The van der Waals surface area contributed by atoms with E-state index in [4.69, 9.17) is 15.6 Å². The van der Waals surface area contributed by atoms with Crippen LogP contribution in [0.4, 0.5) is 0 Å². The van der Waals surface area contributed by atoms with Crippen molar-refractivity contribution in [2.24, 2.45) is 5.73 Å². The lowest BCUT2D eigenvalue weighted by atomic mass is 10.1. The molecular weight excluding hydrogens is 240 g/mol. The quantitative estimate of drug-likeness (QED) is 0.864. The Morgan fingerprint density at radius 1 is 1.21 bits per heavy atom. The lowest BCUT2D eigenvalue weighted by Crippen LogP contribution is -2.05. The van der Waals surface area contributed by atoms with E-state index in [0.29, 0.717) is 12.3 Å². The first kappa shape index (κ1) is 13.5. The third kappa shape index (κ3) is 3.77. The zero-order valence-electron chi connectivity index (χ0n) is 10.9. The van der Waals surface area contributed by atoms with Crippen LogP contribution in [-0.4, -0.2) is 16.7 Å². The van der Waals surface area contributed by atoms with Crippen LogP contribution in [0, 0.1) is 0 Å².